The summed E-state index contributed by atoms with van der Waals surface area (Å²) < 4.78 is 0. The van der Waals surface area contributed by atoms with E-state index in [-0.39, 0.29) is 17.1 Å². The smallest absolute Gasteiger partial charge is 0.235 e. The van der Waals surface area contributed by atoms with E-state index in [2.05, 4.69) is 42.1 Å². The van der Waals surface area contributed by atoms with Crippen molar-refractivity contribution in [2.24, 2.45) is 11.3 Å². The summed E-state index contributed by atoms with van der Waals surface area (Å²) in [6, 6.07) is 4.04. The molecule has 7 heteroatoms. The van der Waals surface area contributed by atoms with Gasteiger partial charge in [-0.05, 0) is 42.2 Å². The van der Waals surface area contributed by atoms with Gasteiger partial charge in [-0.3, -0.25) is 4.79 Å². The van der Waals surface area contributed by atoms with Crippen LogP contribution in [-0.4, -0.2) is 21.6 Å². The van der Waals surface area contributed by atoms with Crippen molar-refractivity contribution < 1.29 is 4.79 Å². The number of thioether (sulfide) groups is 1. The van der Waals surface area contributed by atoms with Gasteiger partial charge in [-0.25, -0.2) is 9.97 Å². The molecular formula is C19H22N4OS2. The quantitative estimate of drug-likeness (QED) is 0.626. The van der Waals surface area contributed by atoms with Crippen LogP contribution in [-0.2, 0) is 17.6 Å². The Bertz CT molecular complexity index is 834. The summed E-state index contributed by atoms with van der Waals surface area (Å²) in [5.74, 6) is 0.696. The van der Waals surface area contributed by atoms with E-state index in [9.17, 15) is 10.1 Å². The molecule has 5 nitrogen and oxygen atoms in total. The Hall–Kier alpha value is -1.91. The molecule has 1 aliphatic rings. The van der Waals surface area contributed by atoms with Crippen LogP contribution in [0.3, 0.4) is 0 Å². The predicted octanol–water partition coefficient (Wildman–Crippen LogP) is 4.29. The Kier molecular flexibility index (Phi) is 5.64. The lowest BCUT2D eigenvalue weighted by Gasteiger charge is -2.33. The lowest BCUT2D eigenvalue weighted by Crippen LogP contribution is -2.26. The Labute approximate surface area is 162 Å². The second kappa shape index (κ2) is 7.77. The van der Waals surface area contributed by atoms with Gasteiger partial charge in [0.2, 0.25) is 5.91 Å². The van der Waals surface area contributed by atoms with Gasteiger partial charge in [-0.2, -0.15) is 5.26 Å². The maximum Gasteiger partial charge on any atom is 0.235 e. The number of aromatic nitrogens is 2. The summed E-state index contributed by atoms with van der Waals surface area (Å²) in [5.41, 5.74) is 2.03. The number of hydrogen-bond donors (Lipinski definition) is 1. The summed E-state index contributed by atoms with van der Waals surface area (Å²) in [4.78, 5) is 21.7. The van der Waals surface area contributed by atoms with E-state index in [0.717, 1.165) is 24.8 Å². The van der Waals surface area contributed by atoms with E-state index in [1.165, 1.54) is 16.6 Å². The van der Waals surface area contributed by atoms with Crippen molar-refractivity contribution in [2.75, 3.05) is 11.1 Å². The van der Waals surface area contributed by atoms with Crippen LogP contribution in [0, 0.1) is 22.7 Å². The number of nitriles is 1. The molecule has 0 radical (unpaired) electrons. The largest absolute Gasteiger partial charge is 0.316 e. The van der Waals surface area contributed by atoms with Gasteiger partial charge in [-0.15, -0.1) is 11.3 Å². The van der Waals surface area contributed by atoms with Gasteiger partial charge in [0.25, 0.3) is 0 Å². The van der Waals surface area contributed by atoms with Gasteiger partial charge in [0.1, 0.15) is 11.1 Å². The standard InChI is InChI=1S/C19H22N4OS2/c1-19(2,3)12-5-6-13-14(10-20)17(26-15(13)9-12)23-16(24)11-25-18-21-7-4-8-22-18/h4,7-8,12H,5-6,9,11H2,1-3H3,(H,23,24). The minimum absolute atomic E-state index is 0.134. The third-order valence-electron chi connectivity index (χ3n) is 4.73. The molecule has 1 N–H and O–H groups in total. The Morgan fingerprint density at radius 3 is 2.81 bits per heavy atom. The molecule has 0 fully saturated rings. The molecule has 0 aliphatic heterocycles. The normalized spacial score (nSPS) is 16.6. The zero-order valence-corrected chi connectivity index (χ0v) is 16.8. The van der Waals surface area contributed by atoms with Crippen molar-refractivity contribution in [3.05, 3.63) is 34.5 Å². The lowest BCUT2D eigenvalue weighted by atomic mass is 9.72. The first-order chi connectivity index (χ1) is 12.4. The highest BCUT2D eigenvalue weighted by Gasteiger charge is 2.32. The third kappa shape index (κ3) is 4.25. The van der Waals surface area contributed by atoms with Crippen LogP contribution in [0.15, 0.2) is 23.6 Å². The summed E-state index contributed by atoms with van der Waals surface area (Å²) in [5, 5.41) is 13.8. The highest BCUT2D eigenvalue weighted by Crippen LogP contribution is 2.44. The molecule has 1 amide bonds. The predicted molar refractivity (Wildman–Crippen MR) is 105 cm³/mol. The fourth-order valence-electron chi connectivity index (χ4n) is 3.18. The molecule has 2 aromatic rings. The highest BCUT2D eigenvalue weighted by molar-refractivity contribution is 7.99. The Morgan fingerprint density at radius 1 is 1.42 bits per heavy atom. The maximum atomic E-state index is 12.3. The molecule has 2 aromatic heterocycles. The van der Waals surface area contributed by atoms with Gasteiger partial charge in [0.15, 0.2) is 5.16 Å². The number of anilines is 1. The number of fused-ring (bicyclic) bond motifs is 1. The zero-order valence-electron chi connectivity index (χ0n) is 15.2. The van der Waals surface area contributed by atoms with Crippen molar-refractivity contribution in [3.8, 4) is 6.07 Å². The molecule has 0 aromatic carbocycles. The highest BCUT2D eigenvalue weighted by atomic mass is 32.2. The molecule has 1 atom stereocenters. The second-order valence-corrected chi connectivity index (χ2v) is 9.54. The average molecular weight is 387 g/mol. The molecule has 0 saturated carbocycles. The first-order valence-electron chi connectivity index (χ1n) is 8.62. The molecule has 1 unspecified atom stereocenters. The van der Waals surface area contributed by atoms with Crippen LogP contribution < -0.4 is 5.32 Å². The van der Waals surface area contributed by atoms with Gasteiger partial charge in [0, 0.05) is 17.3 Å². The molecule has 136 valence electrons. The molecule has 3 rings (SSSR count). The molecule has 0 spiro atoms. The molecule has 0 saturated heterocycles. The molecular weight excluding hydrogens is 364 g/mol. The number of rotatable bonds is 4. The van der Waals surface area contributed by atoms with Crippen LogP contribution in [0.1, 0.15) is 43.2 Å². The number of hydrogen-bond acceptors (Lipinski definition) is 6. The van der Waals surface area contributed by atoms with Crippen molar-refractivity contribution in [1.29, 1.82) is 5.26 Å². The van der Waals surface area contributed by atoms with Gasteiger partial charge in [-0.1, -0.05) is 32.5 Å². The summed E-state index contributed by atoms with van der Waals surface area (Å²) in [6.45, 7) is 6.81. The van der Waals surface area contributed by atoms with Crippen LogP contribution in [0.25, 0.3) is 0 Å². The van der Waals surface area contributed by atoms with Crippen molar-refractivity contribution in [3.63, 3.8) is 0 Å². The minimum atomic E-state index is -0.134. The van der Waals surface area contributed by atoms with Crippen molar-refractivity contribution >= 4 is 34.0 Å². The fraction of sp³-hybridized carbons (Fsp3) is 0.474. The van der Waals surface area contributed by atoms with E-state index in [1.54, 1.807) is 29.8 Å². The van der Waals surface area contributed by atoms with Crippen LogP contribution in [0.5, 0.6) is 0 Å². The van der Waals surface area contributed by atoms with Gasteiger partial charge >= 0.3 is 0 Å². The number of nitrogens with zero attached hydrogens (tertiary/aromatic N) is 3. The first-order valence-corrected chi connectivity index (χ1v) is 10.4. The first kappa shape index (κ1) is 18.9. The average Bonchev–Trinajstić information content (AvgIpc) is 2.96. The minimum Gasteiger partial charge on any atom is -0.316 e. The van der Waals surface area contributed by atoms with E-state index < -0.39 is 0 Å². The number of amides is 1. The van der Waals surface area contributed by atoms with E-state index >= 15 is 0 Å². The fourth-order valence-corrected chi connectivity index (χ4v) is 5.08. The number of thiophene rings is 1. The lowest BCUT2D eigenvalue weighted by molar-refractivity contribution is -0.113. The van der Waals surface area contributed by atoms with E-state index in [4.69, 9.17) is 0 Å². The van der Waals surface area contributed by atoms with E-state index in [0.29, 0.717) is 21.6 Å². The third-order valence-corrected chi connectivity index (χ3v) is 6.77. The SMILES string of the molecule is CC(C)(C)C1CCc2c(sc(NC(=O)CSc3ncccn3)c2C#N)C1. The Balaban J connectivity index is 1.70. The summed E-state index contributed by atoms with van der Waals surface area (Å²) >= 11 is 2.85. The van der Waals surface area contributed by atoms with Crippen molar-refractivity contribution in [2.45, 2.75) is 45.2 Å². The second-order valence-electron chi connectivity index (χ2n) is 7.49. The van der Waals surface area contributed by atoms with Gasteiger partial charge < -0.3 is 5.32 Å². The molecule has 2 heterocycles. The summed E-state index contributed by atoms with van der Waals surface area (Å²) in [6.07, 6.45) is 6.30. The topological polar surface area (TPSA) is 78.7 Å². The van der Waals surface area contributed by atoms with Gasteiger partial charge in [0.05, 0.1) is 11.3 Å². The molecule has 1 aliphatic carbocycles. The summed E-state index contributed by atoms with van der Waals surface area (Å²) in [7, 11) is 0. The van der Waals surface area contributed by atoms with Crippen LogP contribution in [0.4, 0.5) is 5.00 Å². The Morgan fingerprint density at radius 2 is 2.15 bits per heavy atom. The number of carbonyl (C=O) groups is 1. The van der Waals surface area contributed by atoms with Crippen molar-refractivity contribution in [1.82, 2.24) is 9.97 Å². The van der Waals surface area contributed by atoms with E-state index in [1.807, 2.05) is 0 Å². The molecule has 0 bridgehead atoms. The monoisotopic (exact) mass is 386 g/mol. The number of carbonyl (C=O) groups excluding carboxylic acids is 1. The number of nitrogens with one attached hydrogen (secondary N) is 1. The van der Waals surface area contributed by atoms with Crippen LogP contribution in [0.2, 0.25) is 0 Å². The van der Waals surface area contributed by atoms with Crippen LogP contribution >= 0.6 is 23.1 Å². The maximum absolute atomic E-state index is 12.3. The zero-order chi connectivity index (χ0) is 18.7. The molecule has 26 heavy (non-hydrogen) atoms.